The minimum atomic E-state index is 0.205. The molecule has 4 heteroatoms. The molecule has 1 atom stereocenters. The maximum absolute atomic E-state index is 12.1. The number of benzene rings is 1. The average molecular weight is 273 g/mol. The van der Waals surface area contributed by atoms with Crippen LogP contribution in [-0.2, 0) is 4.79 Å². The van der Waals surface area contributed by atoms with Gasteiger partial charge in [0.2, 0.25) is 5.91 Å². The van der Waals surface area contributed by atoms with Crippen LogP contribution in [-0.4, -0.2) is 32.1 Å². The fourth-order valence-corrected chi connectivity index (χ4v) is 3.20. The number of amides is 1. The van der Waals surface area contributed by atoms with E-state index in [1.54, 1.807) is 0 Å². The van der Waals surface area contributed by atoms with Gasteiger partial charge in [0.1, 0.15) is 0 Å². The molecule has 0 aromatic heterocycles. The summed E-state index contributed by atoms with van der Waals surface area (Å²) in [5.74, 6) is 0.511. The molecule has 1 unspecified atom stereocenters. The van der Waals surface area contributed by atoms with E-state index in [0.717, 1.165) is 25.3 Å². The molecule has 0 radical (unpaired) electrons. The van der Waals surface area contributed by atoms with Crippen molar-refractivity contribution in [2.75, 3.05) is 36.0 Å². The summed E-state index contributed by atoms with van der Waals surface area (Å²) < 4.78 is 0. The van der Waals surface area contributed by atoms with Crippen molar-refractivity contribution >= 4 is 17.3 Å². The van der Waals surface area contributed by atoms with Gasteiger partial charge < -0.3 is 15.5 Å². The van der Waals surface area contributed by atoms with E-state index in [2.05, 4.69) is 23.1 Å². The van der Waals surface area contributed by atoms with Gasteiger partial charge in [-0.3, -0.25) is 4.79 Å². The monoisotopic (exact) mass is 273 g/mol. The third kappa shape index (κ3) is 2.66. The lowest BCUT2D eigenvalue weighted by molar-refractivity contribution is -0.117. The van der Waals surface area contributed by atoms with Crippen LogP contribution in [0, 0.1) is 5.92 Å². The third-order valence-corrected chi connectivity index (χ3v) is 4.40. The first-order valence-corrected chi connectivity index (χ1v) is 7.63. The maximum atomic E-state index is 12.1. The summed E-state index contributed by atoms with van der Waals surface area (Å²) >= 11 is 0. The zero-order valence-electron chi connectivity index (χ0n) is 11.9. The summed E-state index contributed by atoms with van der Waals surface area (Å²) in [6.45, 7) is 3.61. The number of nitrogens with two attached hydrogens (primary N) is 1. The first-order valence-electron chi connectivity index (χ1n) is 7.63. The molecule has 2 aliphatic heterocycles. The standard InChI is InChI=1S/C16H23N3O/c17-11-13-9-16(20)19(12-13)15-6-4-5-14(10-15)18-7-2-1-3-8-18/h4-6,10,13H,1-3,7-9,11-12,17H2. The van der Waals surface area contributed by atoms with E-state index in [9.17, 15) is 4.79 Å². The fraction of sp³-hybridized carbons (Fsp3) is 0.562. The van der Waals surface area contributed by atoms with Gasteiger partial charge in [0.15, 0.2) is 0 Å². The van der Waals surface area contributed by atoms with Gasteiger partial charge in [-0.2, -0.15) is 0 Å². The number of rotatable bonds is 3. The molecule has 1 aromatic rings. The number of carbonyl (C=O) groups is 1. The highest BCUT2D eigenvalue weighted by atomic mass is 16.2. The van der Waals surface area contributed by atoms with Crippen molar-refractivity contribution in [3.8, 4) is 0 Å². The van der Waals surface area contributed by atoms with Crippen LogP contribution < -0.4 is 15.5 Å². The van der Waals surface area contributed by atoms with Gasteiger partial charge in [-0.1, -0.05) is 6.07 Å². The van der Waals surface area contributed by atoms with Crippen LogP contribution >= 0.6 is 0 Å². The van der Waals surface area contributed by atoms with Crippen molar-refractivity contribution in [3.63, 3.8) is 0 Å². The van der Waals surface area contributed by atoms with E-state index in [1.807, 2.05) is 11.0 Å². The van der Waals surface area contributed by atoms with Gasteiger partial charge in [0.25, 0.3) is 0 Å². The molecule has 2 heterocycles. The number of hydrogen-bond acceptors (Lipinski definition) is 3. The van der Waals surface area contributed by atoms with Crippen LogP contribution in [0.15, 0.2) is 24.3 Å². The molecule has 2 fully saturated rings. The van der Waals surface area contributed by atoms with Crippen LogP contribution in [0.5, 0.6) is 0 Å². The smallest absolute Gasteiger partial charge is 0.227 e. The Morgan fingerprint density at radius 2 is 1.90 bits per heavy atom. The molecule has 0 aliphatic carbocycles. The molecular weight excluding hydrogens is 250 g/mol. The number of carbonyl (C=O) groups excluding carboxylic acids is 1. The predicted molar refractivity (Wildman–Crippen MR) is 82.0 cm³/mol. The molecule has 2 N–H and O–H groups in total. The molecule has 108 valence electrons. The van der Waals surface area contributed by atoms with Gasteiger partial charge in [-0.25, -0.2) is 0 Å². The fourth-order valence-electron chi connectivity index (χ4n) is 3.20. The van der Waals surface area contributed by atoms with Gasteiger partial charge in [0, 0.05) is 37.4 Å². The van der Waals surface area contributed by atoms with Crippen molar-refractivity contribution in [1.82, 2.24) is 0 Å². The molecule has 2 aliphatic rings. The van der Waals surface area contributed by atoms with E-state index in [4.69, 9.17) is 5.73 Å². The Kier molecular flexibility index (Phi) is 3.92. The van der Waals surface area contributed by atoms with Crippen LogP contribution in [0.3, 0.4) is 0 Å². The average Bonchev–Trinajstić information content (AvgIpc) is 2.89. The quantitative estimate of drug-likeness (QED) is 0.916. The zero-order valence-corrected chi connectivity index (χ0v) is 11.9. The Bertz CT molecular complexity index is 482. The van der Waals surface area contributed by atoms with Crippen LogP contribution in [0.4, 0.5) is 11.4 Å². The summed E-state index contributed by atoms with van der Waals surface area (Å²) in [6, 6.07) is 8.39. The molecular formula is C16H23N3O. The van der Waals surface area contributed by atoms with Gasteiger partial charge in [0.05, 0.1) is 0 Å². The molecule has 0 spiro atoms. The Labute approximate surface area is 120 Å². The minimum absolute atomic E-state index is 0.205. The molecule has 1 aromatic carbocycles. The topological polar surface area (TPSA) is 49.6 Å². The van der Waals surface area contributed by atoms with E-state index < -0.39 is 0 Å². The van der Waals surface area contributed by atoms with E-state index in [-0.39, 0.29) is 5.91 Å². The molecule has 4 nitrogen and oxygen atoms in total. The highest BCUT2D eigenvalue weighted by Crippen LogP contribution is 2.29. The Balaban J connectivity index is 1.78. The highest BCUT2D eigenvalue weighted by molar-refractivity contribution is 5.96. The lowest BCUT2D eigenvalue weighted by Gasteiger charge is -2.29. The number of anilines is 2. The van der Waals surface area contributed by atoms with E-state index in [0.29, 0.717) is 18.9 Å². The Hall–Kier alpha value is -1.55. The molecule has 0 bridgehead atoms. The van der Waals surface area contributed by atoms with Crippen molar-refractivity contribution in [1.29, 1.82) is 0 Å². The summed E-state index contributed by atoms with van der Waals surface area (Å²) in [5, 5.41) is 0. The maximum Gasteiger partial charge on any atom is 0.227 e. The second-order valence-electron chi connectivity index (χ2n) is 5.88. The van der Waals surface area contributed by atoms with Crippen LogP contribution in [0.25, 0.3) is 0 Å². The molecule has 2 saturated heterocycles. The summed E-state index contributed by atoms with van der Waals surface area (Å²) in [4.78, 5) is 16.4. The number of piperidine rings is 1. The van der Waals surface area contributed by atoms with E-state index in [1.165, 1.54) is 24.9 Å². The summed E-state index contributed by atoms with van der Waals surface area (Å²) in [5.41, 5.74) is 7.96. The first kappa shape index (κ1) is 13.4. The van der Waals surface area contributed by atoms with Gasteiger partial charge >= 0.3 is 0 Å². The molecule has 3 rings (SSSR count). The van der Waals surface area contributed by atoms with Crippen molar-refractivity contribution < 1.29 is 4.79 Å². The van der Waals surface area contributed by atoms with Crippen molar-refractivity contribution in [3.05, 3.63) is 24.3 Å². The normalized spacial score (nSPS) is 23.4. The van der Waals surface area contributed by atoms with Crippen molar-refractivity contribution in [2.45, 2.75) is 25.7 Å². The summed E-state index contributed by atoms with van der Waals surface area (Å²) in [6.07, 6.45) is 4.45. The third-order valence-electron chi connectivity index (χ3n) is 4.40. The summed E-state index contributed by atoms with van der Waals surface area (Å²) in [7, 11) is 0. The Morgan fingerprint density at radius 3 is 2.60 bits per heavy atom. The van der Waals surface area contributed by atoms with Gasteiger partial charge in [-0.05, 0) is 49.9 Å². The largest absolute Gasteiger partial charge is 0.371 e. The number of nitrogens with zero attached hydrogens (tertiary/aromatic N) is 2. The lowest BCUT2D eigenvalue weighted by atomic mass is 10.1. The van der Waals surface area contributed by atoms with Crippen LogP contribution in [0.2, 0.25) is 0 Å². The number of hydrogen-bond donors (Lipinski definition) is 1. The molecule has 1 amide bonds. The highest BCUT2D eigenvalue weighted by Gasteiger charge is 2.29. The van der Waals surface area contributed by atoms with Gasteiger partial charge in [-0.15, -0.1) is 0 Å². The second-order valence-corrected chi connectivity index (χ2v) is 5.88. The Morgan fingerprint density at radius 1 is 1.15 bits per heavy atom. The minimum Gasteiger partial charge on any atom is -0.371 e. The lowest BCUT2D eigenvalue weighted by Crippen LogP contribution is -2.30. The SMILES string of the molecule is NCC1CC(=O)N(c2cccc(N3CCCCC3)c2)C1. The van der Waals surface area contributed by atoms with Crippen LogP contribution in [0.1, 0.15) is 25.7 Å². The second kappa shape index (κ2) is 5.83. The zero-order chi connectivity index (χ0) is 13.9. The first-order chi connectivity index (χ1) is 9.78. The predicted octanol–water partition coefficient (Wildman–Crippen LogP) is 1.99. The van der Waals surface area contributed by atoms with E-state index >= 15 is 0 Å². The molecule has 20 heavy (non-hydrogen) atoms. The molecule has 0 saturated carbocycles. The van der Waals surface area contributed by atoms with Crippen molar-refractivity contribution in [2.24, 2.45) is 11.7 Å².